The van der Waals surface area contributed by atoms with E-state index in [1.54, 1.807) is 19.3 Å². The van der Waals surface area contributed by atoms with Crippen LogP contribution < -0.4 is 9.80 Å². The number of hydrogen-bond donors (Lipinski definition) is 0. The molecule has 0 radical (unpaired) electrons. The molecule has 2 fully saturated rings. The molecule has 2 aliphatic rings. The van der Waals surface area contributed by atoms with E-state index in [1.165, 1.54) is 0 Å². The van der Waals surface area contributed by atoms with Crippen molar-refractivity contribution >= 4 is 23.4 Å². The Hall–Kier alpha value is -2.02. The van der Waals surface area contributed by atoms with E-state index in [0.717, 1.165) is 18.7 Å². The van der Waals surface area contributed by atoms with E-state index in [0.29, 0.717) is 54.6 Å². The lowest BCUT2D eigenvalue weighted by Gasteiger charge is -2.35. The number of anilines is 2. The van der Waals surface area contributed by atoms with Gasteiger partial charge in [-0.15, -0.1) is 0 Å². The van der Waals surface area contributed by atoms with E-state index >= 15 is 0 Å². The van der Waals surface area contributed by atoms with Gasteiger partial charge in [-0.1, -0.05) is 11.6 Å². The smallest absolute Gasteiger partial charge is 0.225 e. The molecule has 1 saturated carbocycles. The summed E-state index contributed by atoms with van der Waals surface area (Å²) in [6, 6.07) is 0. The van der Waals surface area contributed by atoms with Crippen molar-refractivity contribution < 1.29 is 4.39 Å². The van der Waals surface area contributed by atoms with E-state index in [1.807, 2.05) is 4.90 Å². The van der Waals surface area contributed by atoms with Crippen molar-refractivity contribution in [2.75, 3.05) is 36.0 Å². The highest BCUT2D eigenvalue weighted by atomic mass is 35.5. The summed E-state index contributed by atoms with van der Waals surface area (Å²) in [5.41, 5.74) is 0.436. The molecular formula is C16H18ClFN6. The second kappa shape index (κ2) is 6.12. The van der Waals surface area contributed by atoms with Crippen molar-refractivity contribution in [3.8, 4) is 0 Å². The third-order valence-corrected chi connectivity index (χ3v) is 4.62. The number of halogens is 2. The summed E-state index contributed by atoms with van der Waals surface area (Å²) in [5, 5.41) is 0.517. The topological polar surface area (TPSA) is 58.0 Å². The molecule has 1 aliphatic heterocycles. The third-order valence-electron chi connectivity index (χ3n) is 4.43. The summed E-state index contributed by atoms with van der Waals surface area (Å²) >= 11 is 5.82. The SMILES string of the molecule is Cc1nc(C2CC2)nc(N2CCN(c3ncc(Cl)cn3)CC2)c1F. The molecule has 0 N–H and O–H groups in total. The van der Waals surface area contributed by atoms with Gasteiger partial charge in [0.15, 0.2) is 11.6 Å². The lowest BCUT2D eigenvalue weighted by molar-refractivity contribution is 0.567. The van der Waals surface area contributed by atoms with Crippen molar-refractivity contribution in [1.82, 2.24) is 19.9 Å². The fourth-order valence-corrected chi connectivity index (χ4v) is 2.98. The normalized spacial score (nSPS) is 18.1. The number of piperazine rings is 1. The van der Waals surface area contributed by atoms with Crippen LogP contribution in [0.25, 0.3) is 0 Å². The van der Waals surface area contributed by atoms with Crippen LogP contribution in [0.15, 0.2) is 12.4 Å². The van der Waals surface area contributed by atoms with E-state index in [2.05, 4.69) is 24.8 Å². The highest BCUT2D eigenvalue weighted by Gasteiger charge is 2.30. The van der Waals surface area contributed by atoms with Crippen LogP contribution >= 0.6 is 11.6 Å². The average Bonchev–Trinajstić information content (AvgIpc) is 3.43. The summed E-state index contributed by atoms with van der Waals surface area (Å²) < 4.78 is 14.5. The molecule has 4 rings (SSSR count). The summed E-state index contributed by atoms with van der Waals surface area (Å²) in [5.74, 6) is 1.97. The highest BCUT2D eigenvalue weighted by Crippen LogP contribution is 2.39. The molecule has 0 amide bonds. The first kappa shape index (κ1) is 15.5. The molecule has 2 aromatic rings. The zero-order valence-corrected chi connectivity index (χ0v) is 14.2. The Bertz CT molecular complexity index is 741. The quantitative estimate of drug-likeness (QED) is 0.849. The van der Waals surface area contributed by atoms with Gasteiger partial charge in [0.25, 0.3) is 0 Å². The zero-order valence-electron chi connectivity index (χ0n) is 13.4. The van der Waals surface area contributed by atoms with Gasteiger partial charge >= 0.3 is 0 Å². The predicted octanol–water partition coefficient (Wildman–Crippen LogP) is 2.57. The first-order valence-corrected chi connectivity index (χ1v) is 8.51. The lowest BCUT2D eigenvalue weighted by Crippen LogP contribution is -2.47. The van der Waals surface area contributed by atoms with Gasteiger partial charge in [-0.25, -0.2) is 24.3 Å². The van der Waals surface area contributed by atoms with E-state index in [4.69, 9.17) is 11.6 Å². The van der Waals surface area contributed by atoms with Crippen molar-refractivity contribution in [2.45, 2.75) is 25.7 Å². The predicted molar refractivity (Wildman–Crippen MR) is 90.2 cm³/mol. The molecule has 8 heteroatoms. The minimum absolute atomic E-state index is 0.310. The van der Waals surface area contributed by atoms with Crippen LogP contribution in [0.1, 0.15) is 30.3 Å². The van der Waals surface area contributed by atoms with Crippen LogP contribution in [-0.4, -0.2) is 46.1 Å². The Labute approximate surface area is 144 Å². The maximum absolute atomic E-state index is 14.5. The Morgan fingerprint density at radius 1 is 1.04 bits per heavy atom. The largest absolute Gasteiger partial charge is 0.351 e. The summed E-state index contributed by atoms with van der Waals surface area (Å²) in [6.45, 7) is 4.48. The molecule has 0 aromatic carbocycles. The number of rotatable bonds is 3. The van der Waals surface area contributed by atoms with Gasteiger partial charge in [0.05, 0.1) is 23.1 Å². The van der Waals surface area contributed by atoms with Gasteiger partial charge in [0, 0.05) is 32.1 Å². The number of hydrogen-bond acceptors (Lipinski definition) is 6. The number of aryl methyl sites for hydroxylation is 1. The number of nitrogens with zero attached hydrogens (tertiary/aromatic N) is 6. The molecule has 126 valence electrons. The Morgan fingerprint density at radius 3 is 2.29 bits per heavy atom. The molecule has 3 heterocycles. The zero-order chi connectivity index (χ0) is 16.7. The second-order valence-corrected chi connectivity index (χ2v) is 6.69. The molecule has 0 atom stereocenters. The lowest BCUT2D eigenvalue weighted by atomic mass is 10.2. The standard InChI is InChI=1S/C16H18ClFN6/c1-10-13(18)15(22-14(21-10)11-2-3-11)23-4-6-24(7-5-23)16-19-8-12(17)9-20-16/h8-9,11H,2-7H2,1H3. The van der Waals surface area contributed by atoms with Crippen molar-refractivity contribution in [3.05, 3.63) is 34.8 Å². The Kier molecular flexibility index (Phi) is 3.96. The first-order chi connectivity index (χ1) is 11.6. The minimum Gasteiger partial charge on any atom is -0.351 e. The van der Waals surface area contributed by atoms with Crippen molar-refractivity contribution in [3.63, 3.8) is 0 Å². The van der Waals surface area contributed by atoms with Crippen LogP contribution in [-0.2, 0) is 0 Å². The van der Waals surface area contributed by atoms with Crippen LogP contribution in [0.5, 0.6) is 0 Å². The van der Waals surface area contributed by atoms with Crippen LogP contribution in [0.2, 0.25) is 5.02 Å². The summed E-state index contributed by atoms with van der Waals surface area (Å²) in [6.07, 6.45) is 5.38. The first-order valence-electron chi connectivity index (χ1n) is 8.13. The van der Waals surface area contributed by atoms with Gasteiger partial charge in [0.1, 0.15) is 5.82 Å². The van der Waals surface area contributed by atoms with Gasteiger partial charge in [-0.05, 0) is 19.8 Å². The molecule has 0 bridgehead atoms. The molecule has 1 aliphatic carbocycles. The summed E-state index contributed by atoms with van der Waals surface area (Å²) in [4.78, 5) is 21.3. The molecule has 0 unspecified atom stereocenters. The summed E-state index contributed by atoms with van der Waals surface area (Å²) in [7, 11) is 0. The third kappa shape index (κ3) is 3.00. The monoisotopic (exact) mass is 348 g/mol. The maximum atomic E-state index is 14.5. The molecule has 24 heavy (non-hydrogen) atoms. The highest BCUT2D eigenvalue weighted by molar-refractivity contribution is 6.30. The fraction of sp³-hybridized carbons (Fsp3) is 0.500. The van der Waals surface area contributed by atoms with Crippen LogP contribution in [0.3, 0.4) is 0 Å². The van der Waals surface area contributed by atoms with Crippen LogP contribution in [0, 0.1) is 12.7 Å². The Morgan fingerprint density at radius 2 is 1.67 bits per heavy atom. The Balaban J connectivity index is 1.50. The van der Waals surface area contributed by atoms with E-state index in [-0.39, 0.29) is 5.82 Å². The number of aromatic nitrogens is 4. The molecule has 6 nitrogen and oxygen atoms in total. The van der Waals surface area contributed by atoms with Gasteiger partial charge in [-0.3, -0.25) is 0 Å². The second-order valence-electron chi connectivity index (χ2n) is 6.25. The average molecular weight is 349 g/mol. The van der Waals surface area contributed by atoms with Crippen molar-refractivity contribution in [2.24, 2.45) is 0 Å². The van der Waals surface area contributed by atoms with Crippen molar-refractivity contribution in [1.29, 1.82) is 0 Å². The molecule has 1 saturated heterocycles. The maximum Gasteiger partial charge on any atom is 0.225 e. The fourth-order valence-electron chi connectivity index (χ4n) is 2.89. The molecule has 2 aromatic heterocycles. The van der Waals surface area contributed by atoms with Gasteiger partial charge < -0.3 is 9.80 Å². The van der Waals surface area contributed by atoms with E-state index < -0.39 is 0 Å². The van der Waals surface area contributed by atoms with Gasteiger partial charge in [0.2, 0.25) is 5.95 Å². The van der Waals surface area contributed by atoms with E-state index in [9.17, 15) is 4.39 Å². The van der Waals surface area contributed by atoms with Gasteiger partial charge in [-0.2, -0.15) is 0 Å². The minimum atomic E-state index is -0.310. The molecule has 0 spiro atoms. The molecular weight excluding hydrogens is 331 g/mol. The van der Waals surface area contributed by atoms with Crippen LogP contribution in [0.4, 0.5) is 16.2 Å².